The van der Waals surface area contributed by atoms with Gasteiger partial charge >= 0.3 is 0 Å². The van der Waals surface area contributed by atoms with Gasteiger partial charge in [0.2, 0.25) is 11.8 Å². The fraction of sp³-hybridized carbons (Fsp3) is 0.654. The van der Waals surface area contributed by atoms with Gasteiger partial charge in [0, 0.05) is 11.6 Å². The van der Waals surface area contributed by atoms with Gasteiger partial charge in [0.15, 0.2) is 0 Å². The molecule has 0 bridgehead atoms. The highest BCUT2D eigenvalue weighted by atomic mass is 16.2. The van der Waals surface area contributed by atoms with Crippen LogP contribution < -0.4 is 11.1 Å². The number of hydrogen-bond donors (Lipinski definition) is 2. The number of nitriles is 1. The van der Waals surface area contributed by atoms with Crippen molar-refractivity contribution in [3.05, 3.63) is 34.9 Å². The van der Waals surface area contributed by atoms with Crippen LogP contribution in [0.2, 0.25) is 0 Å². The highest BCUT2D eigenvalue weighted by Crippen LogP contribution is 2.43. The first-order valence-corrected chi connectivity index (χ1v) is 12.4. The van der Waals surface area contributed by atoms with Crippen molar-refractivity contribution >= 4 is 11.8 Å². The lowest BCUT2D eigenvalue weighted by Crippen LogP contribution is -2.47. The van der Waals surface area contributed by atoms with E-state index in [-0.39, 0.29) is 12.5 Å². The largest absolute Gasteiger partial charge is 0.366 e. The molecule has 1 aromatic rings. The van der Waals surface area contributed by atoms with Crippen LogP contribution in [0.1, 0.15) is 98.0 Å². The maximum absolute atomic E-state index is 13.3. The van der Waals surface area contributed by atoms with Gasteiger partial charge in [-0.25, -0.2) is 0 Å². The van der Waals surface area contributed by atoms with E-state index in [0.717, 1.165) is 56.8 Å². The molecule has 0 radical (unpaired) electrons. The predicted octanol–water partition coefficient (Wildman–Crippen LogP) is 3.75. The van der Waals surface area contributed by atoms with Gasteiger partial charge in [0.25, 0.3) is 0 Å². The van der Waals surface area contributed by atoms with E-state index in [4.69, 9.17) is 11.0 Å². The molecule has 172 valence electrons. The normalized spacial score (nSPS) is 22.3. The first-order valence-electron chi connectivity index (χ1n) is 12.4. The number of nitrogens with one attached hydrogen (secondary N) is 1. The molecule has 3 aliphatic rings. The summed E-state index contributed by atoms with van der Waals surface area (Å²) in [6, 6.07) is 8.75. The Hall–Kier alpha value is -2.39. The predicted molar refractivity (Wildman–Crippen MR) is 124 cm³/mol. The minimum Gasteiger partial charge on any atom is -0.366 e. The lowest BCUT2D eigenvalue weighted by Gasteiger charge is -2.39. The molecule has 2 saturated carbocycles. The molecule has 0 spiro atoms. The summed E-state index contributed by atoms with van der Waals surface area (Å²) in [5, 5.41) is 11.8. The van der Waals surface area contributed by atoms with Gasteiger partial charge in [-0.1, -0.05) is 44.2 Å². The van der Waals surface area contributed by atoms with E-state index in [1.807, 2.05) is 18.2 Å². The number of amides is 2. The van der Waals surface area contributed by atoms with Crippen LogP contribution in [0.15, 0.2) is 18.2 Å². The molecule has 1 saturated heterocycles. The van der Waals surface area contributed by atoms with E-state index in [2.05, 4.69) is 16.3 Å². The summed E-state index contributed by atoms with van der Waals surface area (Å²) < 4.78 is 0. The zero-order chi connectivity index (χ0) is 22.6. The number of benzene rings is 1. The van der Waals surface area contributed by atoms with Gasteiger partial charge in [-0.15, -0.1) is 0 Å². The zero-order valence-electron chi connectivity index (χ0n) is 19.1. The zero-order valence-corrected chi connectivity index (χ0v) is 19.1. The molecule has 0 unspecified atom stereocenters. The Balaban J connectivity index is 1.62. The van der Waals surface area contributed by atoms with Crippen molar-refractivity contribution in [2.24, 2.45) is 5.73 Å². The van der Waals surface area contributed by atoms with E-state index in [9.17, 15) is 9.59 Å². The second-order valence-corrected chi connectivity index (χ2v) is 9.90. The standard InChI is InChI=1S/C26H36N4O2/c27-14-15-29-25(32)26(12-4-1-5-13-26)23-18-20(8-9-22(23)24(28)31)19-10-16-30(17-11-19)21-6-2-3-7-21/h8-9,18-19,21H,1-7,10-13,15-17H2,(H2,28,31)(H,29,32). The summed E-state index contributed by atoms with van der Waals surface area (Å²) in [7, 11) is 0. The van der Waals surface area contributed by atoms with Crippen LogP contribution in [0, 0.1) is 11.3 Å². The Morgan fingerprint density at radius 2 is 1.75 bits per heavy atom. The number of piperidine rings is 1. The van der Waals surface area contributed by atoms with E-state index >= 15 is 0 Å². The number of rotatable bonds is 6. The van der Waals surface area contributed by atoms with Crippen LogP contribution in [0.5, 0.6) is 0 Å². The smallest absolute Gasteiger partial charge is 0.249 e. The van der Waals surface area contributed by atoms with Gasteiger partial charge in [0.05, 0.1) is 11.5 Å². The number of carbonyl (C=O) groups is 2. The summed E-state index contributed by atoms with van der Waals surface area (Å²) in [6.45, 7) is 2.22. The Bertz CT molecular complexity index is 870. The van der Waals surface area contributed by atoms with Gasteiger partial charge in [-0.2, -0.15) is 5.26 Å². The summed E-state index contributed by atoms with van der Waals surface area (Å²) in [5.41, 5.74) is 7.43. The molecular weight excluding hydrogens is 400 g/mol. The van der Waals surface area contributed by atoms with E-state index in [0.29, 0.717) is 24.3 Å². The summed E-state index contributed by atoms with van der Waals surface area (Å²) in [4.78, 5) is 28.3. The second kappa shape index (κ2) is 10.0. The number of nitrogens with two attached hydrogens (primary N) is 1. The van der Waals surface area contributed by atoms with E-state index < -0.39 is 11.3 Å². The van der Waals surface area contributed by atoms with Gasteiger partial charge < -0.3 is 16.0 Å². The number of nitrogens with zero attached hydrogens (tertiary/aromatic N) is 2. The van der Waals surface area contributed by atoms with Crippen LogP contribution >= 0.6 is 0 Å². The maximum Gasteiger partial charge on any atom is 0.249 e. The number of hydrogen-bond acceptors (Lipinski definition) is 4. The molecule has 2 aliphatic carbocycles. The molecule has 6 nitrogen and oxygen atoms in total. The Kier molecular flexibility index (Phi) is 7.15. The molecule has 1 aliphatic heterocycles. The SMILES string of the molecule is N#CCNC(=O)C1(c2cc(C3CCN(C4CCCC4)CC3)ccc2C(N)=O)CCCCC1. The first kappa shape index (κ1) is 22.8. The Morgan fingerprint density at radius 3 is 2.38 bits per heavy atom. The average Bonchev–Trinajstić information content (AvgIpc) is 3.37. The molecule has 32 heavy (non-hydrogen) atoms. The number of carbonyl (C=O) groups excluding carboxylic acids is 2. The summed E-state index contributed by atoms with van der Waals surface area (Å²) in [5.74, 6) is -0.189. The third kappa shape index (κ3) is 4.54. The van der Waals surface area contributed by atoms with Crippen LogP contribution in [-0.2, 0) is 10.2 Å². The molecule has 3 fully saturated rings. The number of likely N-dealkylation sites (tertiary alicyclic amines) is 1. The van der Waals surface area contributed by atoms with E-state index in [1.165, 1.54) is 31.2 Å². The highest BCUT2D eigenvalue weighted by Gasteiger charge is 2.43. The second-order valence-electron chi connectivity index (χ2n) is 9.90. The quantitative estimate of drug-likeness (QED) is 0.664. The lowest BCUT2D eigenvalue weighted by molar-refractivity contribution is -0.127. The molecule has 1 heterocycles. The Labute approximate surface area is 191 Å². The molecule has 1 aromatic carbocycles. The van der Waals surface area contributed by atoms with Crippen molar-refractivity contribution in [3.8, 4) is 6.07 Å². The van der Waals surface area contributed by atoms with Gasteiger partial charge in [0.1, 0.15) is 6.54 Å². The molecule has 4 rings (SSSR count). The summed E-state index contributed by atoms with van der Waals surface area (Å²) >= 11 is 0. The van der Waals surface area contributed by atoms with Gasteiger partial charge in [-0.3, -0.25) is 9.59 Å². The molecule has 0 atom stereocenters. The number of primary amides is 1. The minimum atomic E-state index is -0.778. The maximum atomic E-state index is 13.3. The average molecular weight is 437 g/mol. The van der Waals surface area contributed by atoms with Crippen LogP contribution in [-0.4, -0.2) is 42.4 Å². The van der Waals surface area contributed by atoms with E-state index in [1.54, 1.807) is 0 Å². The fourth-order valence-corrected chi connectivity index (χ4v) is 6.36. The third-order valence-electron chi connectivity index (χ3n) is 8.14. The fourth-order valence-electron chi connectivity index (χ4n) is 6.36. The van der Waals surface area contributed by atoms with Crippen LogP contribution in [0.4, 0.5) is 0 Å². The van der Waals surface area contributed by atoms with Crippen molar-refractivity contribution in [2.45, 2.75) is 88.0 Å². The lowest BCUT2D eigenvalue weighted by atomic mass is 9.66. The van der Waals surface area contributed by atoms with Gasteiger partial charge in [-0.05, 0) is 74.7 Å². The first-order chi connectivity index (χ1) is 15.5. The monoisotopic (exact) mass is 436 g/mol. The summed E-state index contributed by atoms with van der Waals surface area (Å²) in [6.07, 6.45) is 11.9. The van der Waals surface area contributed by atoms with Crippen molar-refractivity contribution in [3.63, 3.8) is 0 Å². The molecule has 3 N–H and O–H groups in total. The minimum absolute atomic E-state index is 0.0220. The van der Waals surface area contributed by atoms with Crippen molar-refractivity contribution in [1.29, 1.82) is 5.26 Å². The van der Waals surface area contributed by atoms with Crippen molar-refractivity contribution < 1.29 is 9.59 Å². The molecule has 0 aromatic heterocycles. The highest BCUT2D eigenvalue weighted by molar-refractivity contribution is 5.98. The third-order valence-corrected chi connectivity index (χ3v) is 8.14. The van der Waals surface area contributed by atoms with Crippen LogP contribution in [0.3, 0.4) is 0 Å². The van der Waals surface area contributed by atoms with Crippen molar-refractivity contribution in [2.75, 3.05) is 19.6 Å². The molecule has 6 heteroatoms. The Morgan fingerprint density at radius 1 is 1.06 bits per heavy atom. The van der Waals surface area contributed by atoms with Crippen molar-refractivity contribution in [1.82, 2.24) is 10.2 Å². The van der Waals surface area contributed by atoms with Crippen LogP contribution in [0.25, 0.3) is 0 Å². The topological polar surface area (TPSA) is 99.2 Å². The molecule has 2 amide bonds. The molecular formula is C26H36N4O2.